The van der Waals surface area contributed by atoms with Crippen LogP contribution in [0.15, 0.2) is 24.3 Å². The van der Waals surface area contributed by atoms with Gasteiger partial charge in [-0.3, -0.25) is 9.59 Å². The van der Waals surface area contributed by atoms with Crippen LogP contribution >= 0.6 is 12.4 Å². The van der Waals surface area contributed by atoms with Gasteiger partial charge < -0.3 is 21.1 Å². The Labute approximate surface area is 167 Å². The van der Waals surface area contributed by atoms with Crippen molar-refractivity contribution in [1.29, 1.82) is 0 Å². The van der Waals surface area contributed by atoms with Gasteiger partial charge in [0, 0.05) is 6.04 Å². The van der Waals surface area contributed by atoms with Gasteiger partial charge in [-0.2, -0.15) is 0 Å². The Hall–Kier alpha value is -1.79. The Morgan fingerprint density at radius 1 is 1.19 bits per heavy atom. The molecule has 3 rings (SSSR count). The lowest BCUT2D eigenvalue weighted by molar-refractivity contribution is -0.128. The SMILES string of the molecule is CC(NC(=O)C1(N)CCCCC1)c1ccc(OCC(=O)NC2CC2)cc1.Cl. The van der Waals surface area contributed by atoms with E-state index in [-0.39, 0.29) is 36.9 Å². The summed E-state index contributed by atoms with van der Waals surface area (Å²) in [6.45, 7) is 1.97. The molecule has 0 aromatic heterocycles. The molecule has 0 heterocycles. The fourth-order valence-electron chi connectivity index (χ4n) is 3.33. The molecule has 7 heteroatoms. The van der Waals surface area contributed by atoms with Crippen molar-refractivity contribution in [3.8, 4) is 5.75 Å². The fourth-order valence-corrected chi connectivity index (χ4v) is 3.33. The molecule has 1 aromatic carbocycles. The summed E-state index contributed by atoms with van der Waals surface area (Å²) in [5.41, 5.74) is 6.54. The zero-order valence-corrected chi connectivity index (χ0v) is 16.6. The molecular formula is C20H30ClN3O3. The summed E-state index contributed by atoms with van der Waals surface area (Å²) >= 11 is 0. The molecule has 0 spiro atoms. The molecule has 1 atom stereocenters. The highest BCUT2D eigenvalue weighted by Crippen LogP contribution is 2.27. The molecule has 2 aliphatic carbocycles. The van der Waals surface area contributed by atoms with E-state index in [1.165, 1.54) is 0 Å². The van der Waals surface area contributed by atoms with Gasteiger partial charge >= 0.3 is 0 Å². The van der Waals surface area contributed by atoms with Crippen molar-refractivity contribution in [3.63, 3.8) is 0 Å². The molecular weight excluding hydrogens is 366 g/mol. The molecule has 0 radical (unpaired) electrons. The maximum Gasteiger partial charge on any atom is 0.258 e. The van der Waals surface area contributed by atoms with E-state index in [0.29, 0.717) is 11.8 Å². The van der Waals surface area contributed by atoms with Gasteiger partial charge in [0.2, 0.25) is 5.91 Å². The highest BCUT2D eigenvalue weighted by molar-refractivity contribution is 5.86. The Kier molecular flexibility index (Phi) is 7.50. The summed E-state index contributed by atoms with van der Waals surface area (Å²) in [6, 6.07) is 7.67. The van der Waals surface area contributed by atoms with Crippen molar-refractivity contribution in [3.05, 3.63) is 29.8 Å². The first-order valence-corrected chi connectivity index (χ1v) is 9.58. The quantitative estimate of drug-likeness (QED) is 0.661. The van der Waals surface area contributed by atoms with Gasteiger partial charge in [0.05, 0.1) is 11.6 Å². The molecule has 1 aromatic rings. The van der Waals surface area contributed by atoms with Crippen molar-refractivity contribution in [2.75, 3.05) is 6.61 Å². The summed E-state index contributed by atoms with van der Waals surface area (Å²) in [4.78, 5) is 24.2. The number of nitrogens with two attached hydrogens (primary N) is 1. The lowest BCUT2D eigenvalue weighted by Gasteiger charge is -2.33. The van der Waals surface area contributed by atoms with Crippen LogP contribution in [0.3, 0.4) is 0 Å². The Morgan fingerprint density at radius 3 is 2.41 bits per heavy atom. The Balaban J connectivity index is 0.00000261. The second-order valence-corrected chi connectivity index (χ2v) is 7.61. The second-order valence-electron chi connectivity index (χ2n) is 7.61. The molecule has 2 aliphatic rings. The van der Waals surface area contributed by atoms with E-state index in [9.17, 15) is 9.59 Å². The summed E-state index contributed by atoms with van der Waals surface area (Å²) in [5, 5.41) is 5.92. The van der Waals surface area contributed by atoms with Crippen LogP contribution in [0.25, 0.3) is 0 Å². The number of ether oxygens (including phenoxy) is 1. The number of carbonyl (C=O) groups excluding carboxylic acids is 2. The third kappa shape index (κ3) is 6.11. The van der Waals surface area contributed by atoms with Gasteiger partial charge in [0.1, 0.15) is 5.75 Å². The maximum atomic E-state index is 12.5. The molecule has 0 saturated heterocycles. The number of halogens is 1. The fraction of sp³-hybridized carbons (Fsp3) is 0.600. The van der Waals surface area contributed by atoms with Crippen LogP contribution in [0, 0.1) is 0 Å². The molecule has 0 bridgehead atoms. The molecule has 2 amide bonds. The molecule has 4 N–H and O–H groups in total. The molecule has 0 aliphatic heterocycles. The predicted molar refractivity (Wildman–Crippen MR) is 107 cm³/mol. The van der Waals surface area contributed by atoms with E-state index in [2.05, 4.69) is 10.6 Å². The van der Waals surface area contributed by atoms with Crippen LogP contribution < -0.4 is 21.1 Å². The normalized spacial score (nSPS) is 19.3. The van der Waals surface area contributed by atoms with Crippen molar-refractivity contribution < 1.29 is 14.3 Å². The first-order valence-electron chi connectivity index (χ1n) is 9.58. The highest BCUT2D eigenvalue weighted by atomic mass is 35.5. The zero-order chi connectivity index (χ0) is 18.6. The number of nitrogens with one attached hydrogen (secondary N) is 2. The average Bonchev–Trinajstić information content (AvgIpc) is 3.45. The smallest absolute Gasteiger partial charge is 0.258 e. The number of carbonyl (C=O) groups is 2. The van der Waals surface area contributed by atoms with Crippen LogP contribution in [-0.2, 0) is 9.59 Å². The van der Waals surface area contributed by atoms with Crippen LogP contribution in [0.2, 0.25) is 0 Å². The maximum absolute atomic E-state index is 12.5. The van der Waals surface area contributed by atoms with E-state index in [1.807, 2.05) is 31.2 Å². The molecule has 2 saturated carbocycles. The lowest BCUT2D eigenvalue weighted by Crippen LogP contribution is -2.55. The second kappa shape index (κ2) is 9.42. The summed E-state index contributed by atoms with van der Waals surface area (Å²) in [6.07, 6.45) is 6.81. The largest absolute Gasteiger partial charge is 0.484 e. The van der Waals surface area contributed by atoms with Crippen molar-refractivity contribution >= 4 is 24.2 Å². The average molecular weight is 396 g/mol. The van der Waals surface area contributed by atoms with Crippen LogP contribution in [0.5, 0.6) is 5.75 Å². The summed E-state index contributed by atoms with van der Waals surface area (Å²) in [5.74, 6) is 0.487. The number of hydrogen-bond acceptors (Lipinski definition) is 4. The van der Waals surface area contributed by atoms with Gasteiger partial charge in [-0.15, -0.1) is 12.4 Å². The first kappa shape index (κ1) is 21.5. The van der Waals surface area contributed by atoms with Crippen LogP contribution in [0.1, 0.15) is 63.5 Å². The zero-order valence-electron chi connectivity index (χ0n) is 15.8. The van der Waals surface area contributed by atoms with E-state index in [1.54, 1.807) is 0 Å². The highest BCUT2D eigenvalue weighted by Gasteiger charge is 2.35. The Bertz CT molecular complexity index is 640. The number of hydrogen-bond donors (Lipinski definition) is 3. The van der Waals surface area contributed by atoms with E-state index < -0.39 is 5.54 Å². The standard InChI is InChI=1S/C20H29N3O3.ClH/c1-14(22-19(25)20(21)11-3-2-4-12-20)15-5-9-17(10-6-15)26-13-18(24)23-16-7-8-16;/h5-6,9-10,14,16H,2-4,7-8,11-13,21H2,1H3,(H,22,25)(H,23,24);1H. The monoisotopic (exact) mass is 395 g/mol. The molecule has 150 valence electrons. The topological polar surface area (TPSA) is 93.5 Å². The molecule has 1 unspecified atom stereocenters. The summed E-state index contributed by atoms with van der Waals surface area (Å²) in [7, 11) is 0. The minimum absolute atomic E-state index is 0. The van der Waals surface area contributed by atoms with Gasteiger partial charge in [0.15, 0.2) is 6.61 Å². The van der Waals surface area contributed by atoms with Gasteiger partial charge in [-0.05, 0) is 50.3 Å². The van der Waals surface area contributed by atoms with Gasteiger partial charge in [-0.25, -0.2) is 0 Å². The van der Waals surface area contributed by atoms with Crippen LogP contribution in [-0.4, -0.2) is 30.0 Å². The minimum atomic E-state index is -0.732. The van der Waals surface area contributed by atoms with E-state index in [4.69, 9.17) is 10.5 Å². The van der Waals surface area contributed by atoms with Crippen molar-refractivity contribution in [2.24, 2.45) is 5.73 Å². The first-order chi connectivity index (χ1) is 12.5. The van der Waals surface area contributed by atoms with Crippen LogP contribution in [0.4, 0.5) is 0 Å². The van der Waals surface area contributed by atoms with Crippen molar-refractivity contribution in [1.82, 2.24) is 10.6 Å². The molecule has 6 nitrogen and oxygen atoms in total. The number of benzene rings is 1. The van der Waals surface area contributed by atoms with Gasteiger partial charge in [-0.1, -0.05) is 31.4 Å². The summed E-state index contributed by atoms with van der Waals surface area (Å²) < 4.78 is 5.50. The molecule has 2 fully saturated rings. The Morgan fingerprint density at radius 2 is 1.81 bits per heavy atom. The lowest BCUT2D eigenvalue weighted by atomic mass is 9.81. The van der Waals surface area contributed by atoms with E-state index >= 15 is 0 Å². The minimum Gasteiger partial charge on any atom is -0.484 e. The van der Waals surface area contributed by atoms with E-state index in [0.717, 1.165) is 50.5 Å². The third-order valence-corrected chi connectivity index (χ3v) is 5.24. The number of amides is 2. The number of rotatable bonds is 7. The molecule has 27 heavy (non-hydrogen) atoms. The third-order valence-electron chi connectivity index (χ3n) is 5.24. The van der Waals surface area contributed by atoms with Crippen molar-refractivity contribution in [2.45, 2.75) is 69.5 Å². The predicted octanol–water partition coefficient (Wildman–Crippen LogP) is 2.60. The van der Waals surface area contributed by atoms with Gasteiger partial charge in [0.25, 0.3) is 5.91 Å².